The first-order valence-electron chi connectivity index (χ1n) is 8.32. The highest BCUT2D eigenvalue weighted by Gasteiger charge is 2.23. The van der Waals surface area contributed by atoms with Crippen molar-refractivity contribution < 1.29 is 9.59 Å². The molecule has 2 N–H and O–H groups in total. The smallest absolute Gasteiger partial charge is 0.261 e. The van der Waals surface area contributed by atoms with Crippen LogP contribution in [0.5, 0.6) is 0 Å². The van der Waals surface area contributed by atoms with Crippen molar-refractivity contribution in [1.29, 1.82) is 0 Å². The maximum absolute atomic E-state index is 12.5. The Hall–Kier alpha value is -1.66. The van der Waals surface area contributed by atoms with Gasteiger partial charge in [0.1, 0.15) is 0 Å². The summed E-state index contributed by atoms with van der Waals surface area (Å²) in [5.74, 6) is -0.0943. The molecule has 128 valence electrons. The van der Waals surface area contributed by atoms with E-state index in [1.165, 1.54) is 24.2 Å². The minimum absolute atomic E-state index is 0.0166. The number of carbonyl (C=O) groups excluding carboxylic acids is 2. The fraction of sp³-hybridized carbons (Fsp3) is 0.444. The van der Waals surface area contributed by atoms with Gasteiger partial charge >= 0.3 is 0 Å². The maximum Gasteiger partial charge on any atom is 0.261 e. The molecule has 24 heavy (non-hydrogen) atoms. The number of hydrogen-bond donors (Lipinski definition) is 2. The zero-order valence-electron chi connectivity index (χ0n) is 13.7. The average molecular weight is 363 g/mol. The SMILES string of the molecule is Cc1ccc(C(=O)NC(CC(=O)NC2CCCC2)c2cccs2)s1. The minimum Gasteiger partial charge on any atom is -0.353 e. The lowest BCUT2D eigenvalue weighted by Crippen LogP contribution is -2.37. The van der Waals surface area contributed by atoms with Crippen LogP contribution in [0.4, 0.5) is 0 Å². The van der Waals surface area contributed by atoms with Crippen LogP contribution >= 0.6 is 22.7 Å². The Morgan fingerprint density at radius 1 is 1.25 bits per heavy atom. The standard InChI is InChI=1S/C18H22N2O2S2/c1-12-8-9-16(24-12)18(22)20-14(15-7-4-10-23-15)11-17(21)19-13-5-2-3-6-13/h4,7-10,13-14H,2-3,5-6,11H2,1H3,(H,19,21)(H,20,22). The number of rotatable bonds is 6. The number of amides is 2. The second-order valence-corrected chi connectivity index (χ2v) is 8.47. The third-order valence-electron chi connectivity index (χ3n) is 4.27. The third kappa shape index (κ3) is 4.45. The Bertz CT molecular complexity index is 688. The first-order chi connectivity index (χ1) is 11.6. The van der Waals surface area contributed by atoms with Crippen molar-refractivity contribution in [3.05, 3.63) is 44.3 Å². The van der Waals surface area contributed by atoms with Crippen LogP contribution in [0.25, 0.3) is 0 Å². The largest absolute Gasteiger partial charge is 0.353 e. The van der Waals surface area contributed by atoms with E-state index >= 15 is 0 Å². The minimum atomic E-state index is -0.277. The third-order valence-corrected chi connectivity index (χ3v) is 6.25. The maximum atomic E-state index is 12.5. The summed E-state index contributed by atoms with van der Waals surface area (Å²) >= 11 is 3.04. The molecule has 2 amide bonds. The Kier molecular flexibility index (Phi) is 5.68. The average Bonchev–Trinajstić information content (AvgIpc) is 3.28. The highest BCUT2D eigenvalue weighted by atomic mass is 32.1. The lowest BCUT2D eigenvalue weighted by Gasteiger charge is -2.19. The van der Waals surface area contributed by atoms with Gasteiger partial charge in [-0.25, -0.2) is 0 Å². The number of hydrogen-bond acceptors (Lipinski definition) is 4. The normalized spacial score (nSPS) is 16.0. The molecule has 1 aliphatic rings. The monoisotopic (exact) mass is 362 g/mol. The van der Waals surface area contributed by atoms with Gasteiger partial charge in [-0.1, -0.05) is 18.9 Å². The van der Waals surface area contributed by atoms with Gasteiger partial charge in [0.2, 0.25) is 5.91 Å². The molecule has 4 nitrogen and oxygen atoms in total. The molecule has 1 fully saturated rings. The number of nitrogens with one attached hydrogen (secondary N) is 2. The molecule has 3 rings (SSSR count). The number of carbonyl (C=O) groups is 2. The summed E-state index contributed by atoms with van der Waals surface area (Å²) in [5.41, 5.74) is 0. The van der Waals surface area contributed by atoms with E-state index < -0.39 is 0 Å². The van der Waals surface area contributed by atoms with Crippen LogP contribution in [0.2, 0.25) is 0 Å². The highest BCUT2D eigenvalue weighted by molar-refractivity contribution is 7.14. The zero-order valence-corrected chi connectivity index (χ0v) is 15.3. The molecule has 2 aromatic rings. The molecule has 0 saturated heterocycles. The van der Waals surface area contributed by atoms with E-state index in [1.807, 2.05) is 36.6 Å². The Morgan fingerprint density at radius 3 is 2.67 bits per heavy atom. The van der Waals surface area contributed by atoms with Gasteiger partial charge in [0, 0.05) is 15.8 Å². The fourth-order valence-electron chi connectivity index (χ4n) is 3.04. The van der Waals surface area contributed by atoms with Crippen molar-refractivity contribution in [3.63, 3.8) is 0 Å². The number of aryl methyl sites for hydroxylation is 1. The van der Waals surface area contributed by atoms with Gasteiger partial charge in [0.25, 0.3) is 5.91 Å². The first-order valence-corrected chi connectivity index (χ1v) is 10.0. The van der Waals surface area contributed by atoms with Crippen LogP contribution in [0.3, 0.4) is 0 Å². The lowest BCUT2D eigenvalue weighted by atomic mass is 10.1. The van der Waals surface area contributed by atoms with Gasteiger partial charge in [-0.2, -0.15) is 0 Å². The molecule has 0 aliphatic heterocycles. The molecule has 0 aromatic carbocycles. The van der Waals surface area contributed by atoms with E-state index in [0.29, 0.717) is 10.9 Å². The van der Waals surface area contributed by atoms with Crippen molar-refractivity contribution in [2.75, 3.05) is 0 Å². The van der Waals surface area contributed by atoms with Gasteiger partial charge in [-0.3, -0.25) is 9.59 Å². The Balaban J connectivity index is 1.65. The highest BCUT2D eigenvalue weighted by Crippen LogP contribution is 2.25. The second-order valence-electron chi connectivity index (χ2n) is 6.20. The molecule has 6 heteroatoms. The van der Waals surface area contributed by atoms with Crippen LogP contribution in [-0.2, 0) is 4.79 Å². The van der Waals surface area contributed by atoms with Crippen molar-refractivity contribution in [1.82, 2.24) is 10.6 Å². The predicted octanol–water partition coefficient (Wildman–Crippen LogP) is 4.04. The summed E-state index contributed by atoms with van der Waals surface area (Å²) in [4.78, 5) is 27.6. The van der Waals surface area contributed by atoms with E-state index in [0.717, 1.165) is 22.6 Å². The van der Waals surface area contributed by atoms with Crippen molar-refractivity contribution in [2.24, 2.45) is 0 Å². The van der Waals surface area contributed by atoms with Crippen LogP contribution < -0.4 is 10.6 Å². The molecule has 1 saturated carbocycles. The van der Waals surface area contributed by atoms with Gasteiger partial charge in [0.05, 0.1) is 17.3 Å². The topological polar surface area (TPSA) is 58.2 Å². The molecule has 1 aliphatic carbocycles. The second kappa shape index (κ2) is 7.94. The van der Waals surface area contributed by atoms with E-state index in [-0.39, 0.29) is 24.3 Å². The summed E-state index contributed by atoms with van der Waals surface area (Å²) < 4.78 is 0. The summed E-state index contributed by atoms with van der Waals surface area (Å²) in [6.45, 7) is 1.98. The van der Waals surface area contributed by atoms with Crippen molar-refractivity contribution in [3.8, 4) is 0 Å². The molecule has 2 aromatic heterocycles. The van der Waals surface area contributed by atoms with E-state index in [9.17, 15) is 9.59 Å². The summed E-state index contributed by atoms with van der Waals surface area (Å²) in [6, 6.07) is 7.71. The first kappa shape index (κ1) is 17.2. The molecule has 0 radical (unpaired) electrons. The van der Waals surface area contributed by atoms with E-state index in [1.54, 1.807) is 11.3 Å². The molecule has 0 spiro atoms. The summed E-state index contributed by atoms with van der Waals surface area (Å²) in [5, 5.41) is 8.10. The molecular weight excluding hydrogens is 340 g/mol. The molecule has 2 heterocycles. The Morgan fingerprint density at radius 2 is 2.04 bits per heavy atom. The van der Waals surface area contributed by atoms with Crippen LogP contribution in [0, 0.1) is 6.92 Å². The van der Waals surface area contributed by atoms with Crippen molar-refractivity contribution in [2.45, 2.75) is 51.1 Å². The molecular formula is C18H22N2O2S2. The van der Waals surface area contributed by atoms with Crippen LogP contribution in [0.1, 0.15) is 57.6 Å². The lowest BCUT2D eigenvalue weighted by molar-refractivity contribution is -0.122. The van der Waals surface area contributed by atoms with E-state index in [4.69, 9.17) is 0 Å². The van der Waals surface area contributed by atoms with Crippen LogP contribution in [0.15, 0.2) is 29.6 Å². The van der Waals surface area contributed by atoms with Crippen LogP contribution in [-0.4, -0.2) is 17.9 Å². The van der Waals surface area contributed by atoms with Gasteiger partial charge < -0.3 is 10.6 Å². The number of thiophene rings is 2. The van der Waals surface area contributed by atoms with Gasteiger partial charge in [-0.15, -0.1) is 22.7 Å². The quantitative estimate of drug-likeness (QED) is 0.815. The predicted molar refractivity (Wildman–Crippen MR) is 98.6 cm³/mol. The Labute approximate surface area is 150 Å². The summed E-state index contributed by atoms with van der Waals surface area (Å²) in [6.07, 6.45) is 4.79. The molecule has 1 atom stereocenters. The summed E-state index contributed by atoms with van der Waals surface area (Å²) in [7, 11) is 0. The van der Waals surface area contributed by atoms with E-state index in [2.05, 4.69) is 10.6 Å². The fourth-order valence-corrected chi connectivity index (χ4v) is 4.59. The molecule has 1 unspecified atom stereocenters. The van der Waals surface area contributed by atoms with Gasteiger partial charge in [0.15, 0.2) is 0 Å². The van der Waals surface area contributed by atoms with Crippen molar-refractivity contribution >= 4 is 34.5 Å². The molecule has 0 bridgehead atoms. The zero-order chi connectivity index (χ0) is 16.9. The van der Waals surface area contributed by atoms with Gasteiger partial charge in [-0.05, 0) is 43.3 Å².